The lowest BCUT2D eigenvalue weighted by atomic mass is 10.2. The van der Waals surface area contributed by atoms with E-state index >= 15 is 0 Å². The Morgan fingerprint density at radius 1 is 1.00 bits per heavy atom. The summed E-state index contributed by atoms with van der Waals surface area (Å²) in [6.07, 6.45) is 3.04. The van der Waals surface area contributed by atoms with Crippen LogP contribution in [0.4, 0.5) is 10.2 Å². The molecular formula is C20H16FN7. The fourth-order valence-electron chi connectivity index (χ4n) is 3.36. The summed E-state index contributed by atoms with van der Waals surface area (Å²) in [4.78, 5) is 20.3. The summed E-state index contributed by atoms with van der Waals surface area (Å²) < 4.78 is 16.4. The number of hydrogen-bond donors (Lipinski definition) is 2. The molecule has 28 heavy (non-hydrogen) atoms. The summed E-state index contributed by atoms with van der Waals surface area (Å²) >= 11 is 0. The summed E-state index contributed by atoms with van der Waals surface area (Å²) in [5, 5.41) is 3.34. The number of nitrogens with zero attached hydrogens (tertiary/aromatic N) is 5. The quantitative estimate of drug-likeness (QED) is 0.497. The van der Waals surface area contributed by atoms with E-state index in [1.807, 2.05) is 47.9 Å². The Bertz CT molecular complexity index is 1280. The molecule has 0 radical (unpaired) electrons. The van der Waals surface area contributed by atoms with Crippen LogP contribution in [0.1, 0.15) is 18.8 Å². The van der Waals surface area contributed by atoms with E-state index in [2.05, 4.69) is 30.2 Å². The number of imidazole rings is 2. The van der Waals surface area contributed by atoms with Crippen LogP contribution in [-0.4, -0.2) is 29.5 Å². The third-order valence-corrected chi connectivity index (χ3v) is 4.63. The second-order valence-electron chi connectivity index (χ2n) is 6.44. The smallest absolute Gasteiger partial charge is 0.162 e. The first-order valence-electron chi connectivity index (χ1n) is 8.85. The van der Waals surface area contributed by atoms with E-state index in [4.69, 9.17) is 0 Å². The molecule has 0 aliphatic rings. The third-order valence-electron chi connectivity index (χ3n) is 4.63. The van der Waals surface area contributed by atoms with Crippen LogP contribution in [-0.2, 0) is 0 Å². The second-order valence-corrected chi connectivity index (χ2v) is 6.44. The molecule has 3 heterocycles. The zero-order chi connectivity index (χ0) is 19.1. The van der Waals surface area contributed by atoms with Crippen molar-refractivity contribution in [1.82, 2.24) is 29.5 Å². The van der Waals surface area contributed by atoms with E-state index in [1.165, 1.54) is 12.4 Å². The molecule has 5 rings (SSSR count). The molecule has 2 aromatic carbocycles. The highest BCUT2D eigenvalue weighted by Gasteiger charge is 2.21. The molecule has 0 bridgehead atoms. The van der Waals surface area contributed by atoms with Crippen LogP contribution in [0.25, 0.3) is 27.9 Å². The van der Waals surface area contributed by atoms with E-state index in [0.29, 0.717) is 33.8 Å². The van der Waals surface area contributed by atoms with E-state index in [0.717, 1.165) is 5.69 Å². The largest absolute Gasteiger partial charge is 0.358 e. The van der Waals surface area contributed by atoms with Crippen molar-refractivity contribution in [3.63, 3.8) is 0 Å². The van der Waals surface area contributed by atoms with Gasteiger partial charge in [0.15, 0.2) is 17.3 Å². The molecule has 0 spiro atoms. The second kappa shape index (κ2) is 6.41. The number of para-hydroxylation sites is 2. The number of aromatic amines is 1. The minimum absolute atomic E-state index is 0.262. The maximum atomic E-state index is 14.4. The molecule has 0 aliphatic carbocycles. The van der Waals surface area contributed by atoms with Gasteiger partial charge in [0.25, 0.3) is 0 Å². The molecule has 1 atom stereocenters. The van der Waals surface area contributed by atoms with Crippen LogP contribution in [0.5, 0.6) is 0 Å². The molecule has 5 aromatic rings. The van der Waals surface area contributed by atoms with Gasteiger partial charge in [0.2, 0.25) is 0 Å². The fraction of sp³-hybridized carbons (Fsp3) is 0.100. The molecule has 2 N–H and O–H groups in total. The number of H-pyrrole nitrogens is 1. The number of benzene rings is 2. The van der Waals surface area contributed by atoms with E-state index in [-0.39, 0.29) is 11.9 Å². The van der Waals surface area contributed by atoms with Crippen molar-refractivity contribution in [1.29, 1.82) is 0 Å². The highest BCUT2D eigenvalue weighted by molar-refractivity contribution is 5.82. The Hall–Kier alpha value is -3.81. The molecule has 3 aromatic heterocycles. The van der Waals surface area contributed by atoms with Gasteiger partial charge in [-0.25, -0.2) is 24.3 Å². The fourth-order valence-corrected chi connectivity index (χ4v) is 3.36. The van der Waals surface area contributed by atoms with Gasteiger partial charge in [-0.05, 0) is 31.2 Å². The lowest BCUT2D eigenvalue weighted by Gasteiger charge is -2.17. The number of fused-ring (bicyclic) bond motifs is 2. The van der Waals surface area contributed by atoms with Crippen LogP contribution in [0, 0.1) is 5.82 Å². The van der Waals surface area contributed by atoms with Crippen LogP contribution in [0.3, 0.4) is 0 Å². The number of hydrogen-bond acceptors (Lipinski definition) is 5. The van der Waals surface area contributed by atoms with E-state index in [9.17, 15) is 4.39 Å². The highest BCUT2D eigenvalue weighted by atomic mass is 19.1. The number of nitrogens with one attached hydrogen (secondary N) is 2. The monoisotopic (exact) mass is 373 g/mol. The number of rotatable bonds is 4. The first-order valence-corrected chi connectivity index (χ1v) is 8.85. The van der Waals surface area contributed by atoms with Crippen LogP contribution >= 0.6 is 0 Å². The molecule has 0 fully saturated rings. The summed E-state index contributed by atoms with van der Waals surface area (Å²) in [6.45, 7) is 1.96. The molecule has 138 valence electrons. The highest BCUT2D eigenvalue weighted by Crippen LogP contribution is 2.29. The molecule has 1 unspecified atom stereocenters. The lowest BCUT2D eigenvalue weighted by molar-refractivity contribution is 0.636. The van der Waals surface area contributed by atoms with Gasteiger partial charge < -0.3 is 10.3 Å². The van der Waals surface area contributed by atoms with Gasteiger partial charge in [0.05, 0.1) is 17.9 Å². The van der Waals surface area contributed by atoms with Crippen molar-refractivity contribution in [3.05, 3.63) is 72.8 Å². The zero-order valence-corrected chi connectivity index (χ0v) is 15.0. The molecule has 0 aliphatic heterocycles. The Balaban J connectivity index is 1.66. The molecule has 0 amide bonds. The first kappa shape index (κ1) is 16.4. The average molecular weight is 373 g/mol. The van der Waals surface area contributed by atoms with Crippen LogP contribution in [0.2, 0.25) is 0 Å². The Labute approximate surface area is 159 Å². The summed E-state index contributed by atoms with van der Waals surface area (Å²) in [5.74, 6) is 0.914. The SMILES string of the molecule is CC(Nc1ncnc2[nH]cnc12)c1nc2c(F)cccc2n1-c1ccccc1. The Morgan fingerprint density at radius 2 is 1.86 bits per heavy atom. The predicted octanol–water partition coefficient (Wildman–Crippen LogP) is 4.00. The van der Waals surface area contributed by atoms with Crippen LogP contribution < -0.4 is 5.32 Å². The van der Waals surface area contributed by atoms with Gasteiger partial charge >= 0.3 is 0 Å². The van der Waals surface area contributed by atoms with Crippen molar-refractivity contribution in [2.75, 3.05) is 5.32 Å². The maximum Gasteiger partial charge on any atom is 0.162 e. The molecule has 7 nitrogen and oxygen atoms in total. The van der Waals surface area contributed by atoms with Gasteiger partial charge in [-0.2, -0.15) is 0 Å². The maximum absolute atomic E-state index is 14.4. The molecular weight excluding hydrogens is 357 g/mol. The molecule has 0 saturated heterocycles. The van der Waals surface area contributed by atoms with E-state index in [1.54, 1.807) is 12.4 Å². The van der Waals surface area contributed by atoms with Crippen molar-refractivity contribution >= 4 is 28.0 Å². The van der Waals surface area contributed by atoms with Crippen molar-refractivity contribution in [2.24, 2.45) is 0 Å². The standard InChI is InChI=1S/C20H16FN7/c1-12(26-19-17-18(23-10-22-17)24-11-25-19)20-27-16-14(21)8-5-9-15(16)28(20)13-6-3-2-4-7-13/h2-12H,1H3,(H2,22,23,24,25,26). The Morgan fingerprint density at radius 3 is 2.71 bits per heavy atom. The van der Waals surface area contributed by atoms with Crippen molar-refractivity contribution in [3.8, 4) is 5.69 Å². The lowest BCUT2D eigenvalue weighted by Crippen LogP contribution is -2.14. The first-order chi connectivity index (χ1) is 13.7. The Kier molecular flexibility index (Phi) is 3.75. The minimum Gasteiger partial charge on any atom is -0.358 e. The van der Waals surface area contributed by atoms with Gasteiger partial charge in [-0.3, -0.25) is 4.57 Å². The summed E-state index contributed by atoms with van der Waals surface area (Å²) in [5.41, 5.74) is 3.24. The summed E-state index contributed by atoms with van der Waals surface area (Å²) in [7, 11) is 0. The van der Waals surface area contributed by atoms with Crippen LogP contribution in [0.15, 0.2) is 61.2 Å². The van der Waals surface area contributed by atoms with Crippen molar-refractivity contribution in [2.45, 2.75) is 13.0 Å². The molecule has 0 saturated carbocycles. The number of aromatic nitrogens is 6. The van der Waals surface area contributed by atoms with Gasteiger partial charge in [0, 0.05) is 5.69 Å². The van der Waals surface area contributed by atoms with Crippen molar-refractivity contribution < 1.29 is 4.39 Å². The molecule has 8 heteroatoms. The topological polar surface area (TPSA) is 84.3 Å². The van der Waals surface area contributed by atoms with Gasteiger partial charge in [-0.15, -0.1) is 0 Å². The minimum atomic E-state index is -0.350. The van der Waals surface area contributed by atoms with Gasteiger partial charge in [0.1, 0.15) is 23.2 Å². The number of anilines is 1. The van der Waals surface area contributed by atoms with Gasteiger partial charge in [-0.1, -0.05) is 24.3 Å². The third kappa shape index (κ3) is 2.58. The summed E-state index contributed by atoms with van der Waals surface area (Å²) in [6, 6.07) is 14.5. The number of halogens is 1. The zero-order valence-electron chi connectivity index (χ0n) is 15.0. The average Bonchev–Trinajstić information content (AvgIpc) is 3.34. The van der Waals surface area contributed by atoms with E-state index < -0.39 is 0 Å². The normalized spacial score (nSPS) is 12.5. The predicted molar refractivity (Wildman–Crippen MR) is 105 cm³/mol.